The molecule has 0 unspecified atom stereocenters. The highest BCUT2D eigenvalue weighted by Crippen LogP contribution is 2.20. The molecule has 15 heavy (non-hydrogen) atoms. The lowest BCUT2D eigenvalue weighted by Gasteiger charge is -2.05. The molecule has 1 aromatic rings. The molecule has 0 aromatic carbocycles. The van der Waals surface area contributed by atoms with Crippen LogP contribution in [0.4, 0.5) is 0 Å². The Bertz CT molecular complexity index is 364. The second kappa shape index (κ2) is 5.16. The second-order valence-electron chi connectivity index (χ2n) is 3.79. The average Bonchev–Trinajstić information content (AvgIpc) is 2.14. The summed E-state index contributed by atoms with van der Waals surface area (Å²) in [5.74, 6) is 0.690. The summed E-state index contributed by atoms with van der Waals surface area (Å²) in [5, 5.41) is 9.72. The first-order valence-corrected chi connectivity index (χ1v) is 5.83. The van der Waals surface area contributed by atoms with Crippen molar-refractivity contribution < 1.29 is 9.90 Å². The van der Waals surface area contributed by atoms with Gasteiger partial charge in [0.1, 0.15) is 0 Å². The zero-order valence-corrected chi connectivity index (χ0v) is 9.97. The number of carboxylic acid groups (broad SMARTS) is 1. The maximum atomic E-state index is 10.8. The van der Waals surface area contributed by atoms with Gasteiger partial charge in [-0.15, -0.1) is 11.8 Å². The molecule has 0 atom stereocenters. The molecule has 0 amide bonds. The van der Waals surface area contributed by atoms with E-state index in [0.29, 0.717) is 11.6 Å². The summed E-state index contributed by atoms with van der Waals surface area (Å²) in [7, 11) is 0. The summed E-state index contributed by atoms with van der Waals surface area (Å²) in [6, 6.07) is 3.39. The number of pyridine rings is 1. The second-order valence-corrected chi connectivity index (χ2v) is 4.83. The van der Waals surface area contributed by atoms with Crippen LogP contribution in [0, 0.1) is 12.8 Å². The Morgan fingerprint density at radius 2 is 2.20 bits per heavy atom. The van der Waals surface area contributed by atoms with Gasteiger partial charge in [-0.3, -0.25) is 0 Å². The van der Waals surface area contributed by atoms with Crippen LogP contribution in [0.3, 0.4) is 0 Å². The van der Waals surface area contributed by atoms with Crippen LogP contribution in [0.2, 0.25) is 0 Å². The van der Waals surface area contributed by atoms with Crippen LogP contribution in [0.25, 0.3) is 0 Å². The standard InChI is InChI=1S/C11H15NO2S/c1-7(2)6-15-10-5-4-9(11(13)14)8(3)12-10/h4-5,7H,6H2,1-3H3,(H,13,14). The van der Waals surface area contributed by atoms with E-state index in [2.05, 4.69) is 18.8 Å². The lowest BCUT2D eigenvalue weighted by atomic mass is 10.2. The number of thioether (sulfide) groups is 1. The number of aryl methyl sites for hydroxylation is 1. The minimum absolute atomic E-state index is 0.281. The van der Waals surface area contributed by atoms with Crippen molar-refractivity contribution in [2.24, 2.45) is 5.92 Å². The Kier molecular flexibility index (Phi) is 4.15. The van der Waals surface area contributed by atoms with Crippen molar-refractivity contribution in [3.05, 3.63) is 23.4 Å². The Balaban J connectivity index is 2.78. The molecule has 0 radical (unpaired) electrons. The van der Waals surface area contributed by atoms with Crippen molar-refractivity contribution >= 4 is 17.7 Å². The van der Waals surface area contributed by atoms with E-state index in [0.717, 1.165) is 10.8 Å². The number of carboxylic acids is 1. The van der Waals surface area contributed by atoms with Crippen LogP contribution >= 0.6 is 11.8 Å². The molecule has 0 fully saturated rings. The third kappa shape index (κ3) is 3.55. The quantitative estimate of drug-likeness (QED) is 0.800. The van der Waals surface area contributed by atoms with E-state index in [-0.39, 0.29) is 5.56 Å². The monoisotopic (exact) mass is 225 g/mol. The van der Waals surface area contributed by atoms with E-state index in [9.17, 15) is 4.79 Å². The van der Waals surface area contributed by atoms with Gasteiger partial charge >= 0.3 is 5.97 Å². The minimum Gasteiger partial charge on any atom is -0.478 e. The van der Waals surface area contributed by atoms with Crippen LogP contribution in [0.5, 0.6) is 0 Å². The molecule has 1 N–H and O–H groups in total. The van der Waals surface area contributed by atoms with E-state index >= 15 is 0 Å². The van der Waals surface area contributed by atoms with Gasteiger partial charge in [0.2, 0.25) is 0 Å². The van der Waals surface area contributed by atoms with Gasteiger partial charge in [-0.25, -0.2) is 9.78 Å². The lowest BCUT2D eigenvalue weighted by molar-refractivity contribution is 0.0695. The van der Waals surface area contributed by atoms with Crippen molar-refractivity contribution in [1.29, 1.82) is 0 Å². The van der Waals surface area contributed by atoms with Crippen molar-refractivity contribution in [3.63, 3.8) is 0 Å². The van der Waals surface area contributed by atoms with E-state index in [1.807, 2.05) is 0 Å². The molecule has 0 aliphatic carbocycles. The number of aromatic nitrogens is 1. The summed E-state index contributed by atoms with van der Waals surface area (Å²) in [6.07, 6.45) is 0. The van der Waals surface area contributed by atoms with Gasteiger partial charge in [-0.1, -0.05) is 13.8 Å². The molecule has 82 valence electrons. The highest BCUT2D eigenvalue weighted by atomic mass is 32.2. The molecule has 3 nitrogen and oxygen atoms in total. The largest absolute Gasteiger partial charge is 0.478 e. The number of rotatable bonds is 4. The lowest BCUT2D eigenvalue weighted by Crippen LogP contribution is -2.02. The molecule has 0 spiro atoms. The van der Waals surface area contributed by atoms with Gasteiger partial charge in [0.15, 0.2) is 0 Å². The summed E-state index contributed by atoms with van der Waals surface area (Å²) in [5.41, 5.74) is 0.861. The van der Waals surface area contributed by atoms with Gasteiger partial charge in [0, 0.05) is 5.75 Å². The highest BCUT2D eigenvalue weighted by molar-refractivity contribution is 7.99. The molecule has 4 heteroatoms. The fourth-order valence-corrected chi connectivity index (χ4v) is 1.97. The zero-order chi connectivity index (χ0) is 11.4. The maximum absolute atomic E-state index is 10.8. The van der Waals surface area contributed by atoms with E-state index in [1.54, 1.807) is 30.8 Å². The summed E-state index contributed by atoms with van der Waals surface area (Å²) in [6.45, 7) is 6.01. The molecule has 1 aromatic heterocycles. The van der Waals surface area contributed by atoms with Crippen molar-refractivity contribution in [1.82, 2.24) is 4.98 Å². The summed E-state index contributed by atoms with van der Waals surface area (Å²) >= 11 is 1.66. The molecular formula is C11H15NO2S. The van der Waals surface area contributed by atoms with Crippen molar-refractivity contribution in [2.45, 2.75) is 25.8 Å². The predicted molar refractivity (Wildman–Crippen MR) is 61.5 cm³/mol. The van der Waals surface area contributed by atoms with Gasteiger partial charge in [0.25, 0.3) is 0 Å². The number of aromatic carboxylic acids is 1. The maximum Gasteiger partial charge on any atom is 0.337 e. The summed E-state index contributed by atoms with van der Waals surface area (Å²) in [4.78, 5) is 15.0. The average molecular weight is 225 g/mol. The van der Waals surface area contributed by atoms with E-state index in [1.165, 1.54) is 0 Å². The molecular weight excluding hydrogens is 210 g/mol. The molecule has 0 aliphatic rings. The Hall–Kier alpha value is -1.03. The number of nitrogens with zero attached hydrogens (tertiary/aromatic N) is 1. The van der Waals surface area contributed by atoms with Crippen molar-refractivity contribution in [2.75, 3.05) is 5.75 Å². The van der Waals surface area contributed by atoms with Gasteiger partial charge in [0.05, 0.1) is 16.3 Å². The SMILES string of the molecule is Cc1nc(SCC(C)C)ccc1C(=O)O. The molecule has 0 bridgehead atoms. The van der Waals surface area contributed by atoms with Crippen LogP contribution in [0.1, 0.15) is 29.9 Å². The number of hydrogen-bond donors (Lipinski definition) is 1. The number of hydrogen-bond acceptors (Lipinski definition) is 3. The number of carbonyl (C=O) groups is 1. The molecule has 0 aliphatic heterocycles. The zero-order valence-electron chi connectivity index (χ0n) is 9.15. The van der Waals surface area contributed by atoms with Gasteiger partial charge < -0.3 is 5.11 Å². The first-order valence-electron chi connectivity index (χ1n) is 4.84. The molecule has 0 saturated heterocycles. The van der Waals surface area contributed by atoms with Crippen molar-refractivity contribution in [3.8, 4) is 0 Å². The Labute approximate surface area is 93.9 Å². The Morgan fingerprint density at radius 1 is 1.53 bits per heavy atom. The van der Waals surface area contributed by atoms with Crippen LogP contribution < -0.4 is 0 Å². The van der Waals surface area contributed by atoms with Crippen LogP contribution in [-0.4, -0.2) is 21.8 Å². The van der Waals surface area contributed by atoms with E-state index < -0.39 is 5.97 Å². The Morgan fingerprint density at radius 3 is 2.67 bits per heavy atom. The third-order valence-electron chi connectivity index (χ3n) is 1.86. The molecule has 0 saturated carbocycles. The highest BCUT2D eigenvalue weighted by Gasteiger charge is 2.08. The topological polar surface area (TPSA) is 50.2 Å². The van der Waals surface area contributed by atoms with Gasteiger partial charge in [-0.2, -0.15) is 0 Å². The fourth-order valence-electron chi connectivity index (χ4n) is 1.10. The first kappa shape index (κ1) is 12.0. The minimum atomic E-state index is -0.916. The third-order valence-corrected chi connectivity index (χ3v) is 3.21. The molecule has 1 heterocycles. The smallest absolute Gasteiger partial charge is 0.337 e. The molecule has 1 rings (SSSR count). The first-order chi connectivity index (χ1) is 7.00. The normalized spacial score (nSPS) is 10.7. The van der Waals surface area contributed by atoms with Crippen LogP contribution in [-0.2, 0) is 0 Å². The summed E-state index contributed by atoms with van der Waals surface area (Å²) < 4.78 is 0. The predicted octanol–water partition coefficient (Wildman–Crippen LogP) is 2.84. The fraction of sp³-hybridized carbons (Fsp3) is 0.455. The van der Waals surface area contributed by atoms with E-state index in [4.69, 9.17) is 5.11 Å². The van der Waals surface area contributed by atoms with Gasteiger partial charge in [-0.05, 0) is 25.0 Å². The van der Waals surface area contributed by atoms with Crippen LogP contribution in [0.15, 0.2) is 17.2 Å².